The lowest BCUT2D eigenvalue weighted by Gasteiger charge is -2.09. The van der Waals surface area contributed by atoms with Gasteiger partial charge < -0.3 is 4.74 Å². The summed E-state index contributed by atoms with van der Waals surface area (Å²) in [5.41, 5.74) is 4.52. The molecule has 4 rings (SSSR count). The van der Waals surface area contributed by atoms with Gasteiger partial charge in [0.05, 0.1) is 12.8 Å². The quantitative estimate of drug-likeness (QED) is 0.256. The minimum absolute atomic E-state index is 0.292. The molecule has 0 aliphatic rings. The number of fused-ring (bicyclic) bond motifs is 1. The highest BCUT2D eigenvalue weighted by molar-refractivity contribution is 5.80. The van der Waals surface area contributed by atoms with Crippen LogP contribution in [0, 0.1) is 0 Å². The van der Waals surface area contributed by atoms with Crippen LogP contribution in [0.2, 0.25) is 0 Å². The number of hydrogen-bond acceptors (Lipinski definition) is 6. The zero-order chi connectivity index (χ0) is 23.4. The van der Waals surface area contributed by atoms with E-state index in [2.05, 4.69) is 22.1 Å². The van der Waals surface area contributed by atoms with E-state index < -0.39 is 11.2 Å². The third-order valence-electron chi connectivity index (χ3n) is 5.16. The number of nitrogens with one attached hydrogen (secondary N) is 1. The van der Waals surface area contributed by atoms with E-state index >= 15 is 0 Å². The van der Waals surface area contributed by atoms with Crippen molar-refractivity contribution < 1.29 is 4.74 Å². The zero-order valence-corrected chi connectivity index (χ0v) is 18.4. The number of ether oxygens (including phenoxy) is 1. The fraction of sp³-hybridized carbons (Fsp3) is 0.167. The first kappa shape index (κ1) is 21.8. The largest absolute Gasteiger partial charge is 0.490 e. The van der Waals surface area contributed by atoms with Gasteiger partial charge in [-0.05, 0) is 35.4 Å². The number of hydrazone groups is 1. The highest BCUT2D eigenvalue weighted by atomic mass is 16.5. The summed E-state index contributed by atoms with van der Waals surface area (Å²) in [6.07, 6.45) is 3.32. The van der Waals surface area contributed by atoms with Crippen molar-refractivity contribution in [3.63, 3.8) is 0 Å². The molecule has 0 spiro atoms. The maximum absolute atomic E-state index is 12.9. The molecule has 2 aromatic carbocycles. The van der Waals surface area contributed by atoms with E-state index in [1.54, 1.807) is 23.9 Å². The minimum Gasteiger partial charge on any atom is -0.490 e. The van der Waals surface area contributed by atoms with Crippen LogP contribution in [0.5, 0.6) is 5.75 Å². The van der Waals surface area contributed by atoms with E-state index in [-0.39, 0.29) is 0 Å². The van der Waals surface area contributed by atoms with E-state index in [4.69, 9.17) is 4.74 Å². The SMILES string of the molecule is C=CCOc1ccc(/C=N\Nc2nc3c(c(=O)n(C)c(=O)n3C)n2Cc2ccccc2)cc1. The Morgan fingerprint density at radius 1 is 1.06 bits per heavy atom. The van der Waals surface area contributed by atoms with Crippen molar-refractivity contribution in [3.8, 4) is 5.75 Å². The summed E-state index contributed by atoms with van der Waals surface area (Å²) >= 11 is 0. The summed E-state index contributed by atoms with van der Waals surface area (Å²) in [7, 11) is 3.05. The molecule has 0 aliphatic heterocycles. The monoisotopic (exact) mass is 444 g/mol. The van der Waals surface area contributed by atoms with Gasteiger partial charge in [0, 0.05) is 14.1 Å². The van der Waals surface area contributed by atoms with Crippen LogP contribution in [0.15, 0.2) is 81.9 Å². The summed E-state index contributed by atoms with van der Waals surface area (Å²) < 4.78 is 9.65. The van der Waals surface area contributed by atoms with Crippen LogP contribution < -0.4 is 21.4 Å². The minimum atomic E-state index is -0.439. The number of rotatable bonds is 8. The molecule has 0 saturated carbocycles. The highest BCUT2D eigenvalue weighted by Crippen LogP contribution is 2.18. The predicted molar refractivity (Wildman–Crippen MR) is 129 cm³/mol. The van der Waals surface area contributed by atoms with Gasteiger partial charge in [-0.1, -0.05) is 43.0 Å². The normalized spacial score (nSPS) is 11.2. The maximum Gasteiger partial charge on any atom is 0.332 e. The van der Waals surface area contributed by atoms with E-state index in [0.717, 1.165) is 21.4 Å². The fourth-order valence-electron chi connectivity index (χ4n) is 3.42. The lowest BCUT2D eigenvalue weighted by Crippen LogP contribution is -2.37. The fourth-order valence-corrected chi connectivity index (χ4v) is 3.42. The third kappa shape index (κ3) is 4.47. The molecule has 0 aliphatic carbocycles. The summed E-state index contributed by atoms with van der Waals surface area (Å²) in [6, 6.07) is 17.1. The molecule has 9 heteroatoms. The van der Waals surface area contributed by atoms with Gasteiger partial charge in [0.1, 0.15) is 12.4 Å². The van der Waals surface area contributed by atoms with Crippen molar-refractivity contribution >= 4 is 23.3 Å². The number of imidazole rings is 1. The molecule has 2 aromatic heterocycles. The Morgan fingerprint density at radius 2 is 1.79 bits per heavy atom. The Kier molecular flexibility index (Phi) is 6.21. The Morgan fingerprint density at radius 3 is 2.48 bits per heavy atom. The van der Waals surface area contributed by atoms with E-state index in [9.17, 15) is 9.59 Å². The molecule has 0 unspecified atom stereocenters. The molecule has 0 saturated heterocycles. The molecule has 4 aromatic rings. The first-order chi connectivity index (χ1) is 16.0. The Labute approximate surface area is 189 Å². The van der Waals surface area contributed by atoms with E-state index in [1.807, 2.05) is 54.6 Å². The highest BCUT2D eigenvalue weighted by Gasteiger charge is 2.19. The van der Waals surface area contributed by atoms with Crippen LogP contribution in [-0.2, 0) is 20.6 Å². The molecular weight excluding hydrogens is 420 g/mol. The molecule has 33 heavy (non-hydrogen) atoms. The van der Waals surface area contributed by atoms with Gasteiger partial charge in [-0.15, -0.1) is 0 Å². The Balaban J connectivity index is 1.69. The number of nitrogens with zero attached hydrogens (tertiary/aromatic N) is 5. The first-order valence-corrected chi connectivity index (χ1v) is 10.3. The van der Waals surface area contributed by atoms with Crippen LogP contribution >= 0.6 is 0 Å². The summed E-state index contributed by atoms with van der Waals surface area (Å²) in [4.78, 5) is 29.8. The van der Waals surface area contributed by atoms with Gasteiger partial charge in [-0.2, -0.15) is 10.1 Å². The average Bonchev–Trinajstić information content (AvgIpc) is 3.19. The number of hydrogen-bond donors (Lipinski definition) is 1. The van der Waals surface area contributed by atoms with Gasteiger partial charge in [-0.25, -0.2) is 10.2 Å². The van der Waals surface area contributed by atoms with Crippen LogP contribution in [0.25, 0.3) is 11.2 Å². The van der Waals surface area contributed by atoms with Crippen molar-refractivity contribution in [3.05, 3.63) is 99.2 Å². The molecule has 2 heterocycles. The summed E-state index contributed by atoms with van der Waals surface area (Å²) in [5, 5.41) is 4.29. The molecule has 0 fully saturated rings. The lowest BCUT2D eigenvalue weighted by molar-refractivity contribution is 0.363. The van der Waals surface area contributed by atoms with Crippen molar-refractivity contribution in [2.45, 2.75) is 6.54 Å². The van der Waals surface area contributed by atoms with Gasteiger partial charge in [0.15, 0.2) is 11.2 Å². The third-order valence-corrected chi connectivity index (χ3v) is 5.16. The van der Waals surface area contributed by atoms with Crippen molar-refractivity contribution in [2.24, 2.45) is 19.2 Å². The summed E-state index contributed by atoms with van der Waals surface area (Å²) in [5.74, 6) is 1.09. The smallest absolute Gasteiger partial charge is 0.332 e. The Hall–Kier alpha value is -4.40. The molecule has 0 radical (unpaired) electrons. The van der Waals surface area contributed by atoms with E-state index in [1.165, 1.54) is 11.6 Å². The molecule has 168 valence electrons. The molecule has 0 atom stereocenters. The van der Waals surface area contributed by atoms with Gasteiger partial charge in [0.2, 0.25) is 5.95 Å². The summed E-state index contributed by atoms with van der Waals surface area (Å²) in [6.45, 7) is 4.46. The first-order valence-electron chi connectivity index (χ1n) is 10.3. The standard InChI is InChI=1S/C24H24N6O3/c1-4-14-33-19-12-10-17(11-13-19)15-25-27-23-26-21-20(22(31)29(3)24(32)28(21)2)30(23)16-18-8-6-5-7-9-18/h4-13,15H,1,14,16H2,2-3H3,(H,26,27)/b25-15-. The zero-order valence-electron chi connectivity index (χ0n) is 18.4. The second-order valence-corrected chi connectivity index (χ2v) is 7.42. The van der Waals surface area contributed by atoms with Crippen LogP contribution in [0.4, 0.5) is 5.95 Å². The van der Waals surface area contributed by atoms with Crippen LogP contribution in [0.3, 0.4) is 0 Å². The van der Waals surface area contributed by atoms with Gasteiger partial charge >= 0.3 is 5.69 Å². The van der Waals surface area contributed by atoms with Crippen LogP contribution in [-0.4, -0.2) is 31.5 Å². The maximum atomic E-state index is 12.9. The molecule has 1 N–H and O–H groups in total. The number of benzene rings is 2. The van der Waals surface area contributed by atoms with Gasteiger partial charge in [0.25, 0.3) is 5.56 Å². The molecule has 9 nitrogen and oxygen atoms in total. The molecule has 0 bridgehead atoms. The van der Waals surface area contributed by atoms with Crippen molar-refractivity contribution in [1.82, 2.24) is 18.7 Å². The Bertz CT molecular complexity index is 1430. The lowest BCUT2D eigenvalue weighted by atomic mass is 10.2. The number of aromatic nitrogens is 4. The second kappa shape index (κ2) is 9.39. The van der Waals surface area contributed by atoms with Crippen molar-refractivity contribution in [2.75, 3.05) is 12.0 Å². The van der Waals surface area contributed by atoms with Crippen molar-refractivity contribution in [1.29, 1.82) is 0 Å². The molecule has 0 amide bonds. The van der Waals surface area contributed by atoms with Crippen LogP contribution in [0.1, 0.15) is 11.1 Å². The number of anilines is 1. The predicted octanol–water partition coefficient (Wildman–Crippen LogP) is 2.49. The molecular formula is C24H24N6O3. The topological polar surface area (TPSA) is 95.4 Å². The average molecular weight is 444 g/mol. The number of aryl methyl sites for hydroxylation is 1. The second-order valence-electron chi connectivity index (χ2n) is 7.42. The van der Waals surface area contributed by atoms with E-state index in [0.29, 0.717) is 30.3 Å². The van der Waals surface area contributed by atoms with Gasteiger partial charge in [-0.3, -0.25) is 18.5 Å².